The monoisotopic (exact) mass is 270 g/mol. The Hall–Kier alpha value is -2.49. The Kier molecular flexibility index (Phi) is 4.60. The van der Waals surface area contributed by atoms with Crippen molar-refractivity contribution in [3.63, 3.8) is 0 Å². The summed E-state index contributed by atoms with van der Waals surface area (Å²) < 4.78 is 5.33. The van der Waals surface area contributed by atoms with E-state index in [9.17, 15) is 5.11 Å². The first-order valence-corrected chi connectivity index (χ1v) is 6.50. The number of phenolic OH excluding ortho intramolecular Hbond substituents is 1. The van der Waals surface area contributed by atoms with Crippen molar-refractivity contribution in [2.45, 2.75) is 13.8 Å². The number of hydrazone groups is 1. The van der Waals surface area contributed by atoms with E-state index in [4.69, 9.17) is 4.74 Å². The molecule has 0 atom stereocenters. The van der Waals surface area contributed by atoms with Gasteiger partial charge < -0.3 is 9.84 Å². The lowest BCUT2D eigenvalue weighted by atomic mass is 10.2. The van der Waals surface area contributed by atoms with E-state index in [1.807, 2.05) is 38.1 Å². The quantitative estimate of drug-likeness (QED) is 0.645. The Morgan fingerprint density at radius 1 is 1.25 bits per heavy atom. The number of phenols is 1. The maximum absolute atomic E-state index is 9.61. The Morgan fingerprint density at radius 2 is 2.10 bits per heavy atom. The van der Waals surface area contributed by atoms with Crippen LogP contribution in [-0.2, 0) is 0 Å². The highest BCUT2D eigenvalue weighted by molar-refractivity contribution is 5.81. The molecular weight excluding hydrogens is 252 g/mol. The van der Waals surface area contributed by atoms with Crippen LogP contribution in [0.2, 0.25) is 0 Å². The van der Waals surface area contributed by atoms with Gasteiger partial charge >= 0.3 is 0 Å². The van der Waals surface area contributed by atoms with Crippen molar-refractivity contribution in [2.24, 2.45) is 5.10 Å². The van der Waals surface area contributed by atoms with Crippen LogP contribution >= 0.6 is 0 Å². The Labute approximate surface area is 118 Å². The van der Waals surface area contributed by atoms with E-state index in [0.717, 1.165) is 11.3 Å². The molecule has 2 aromatic carbocycles. The van der Waals surface area contributed by atoms with Crippen molar-refractivity contribution in [1.29, 1.82) is 0 Å². The van der Waals surface area contributed by atoms with Crippen molar-refractivity contribution < 1.29 is 9.84 Å². The minimum Gasteiger partial charge on any atom is -0.504 e. The summed E-state index contributed by atoms with van der Waals surface area (Å²) in [5, 5.41) is 13.8. The number of aromatic hydroxyl groups is 1. The summed E-state index contributed by atoms with van der Waals surface area (Å²) in [4.78, 5) is 0. The van der Waals surface area contributed by atoms with Gasteiger partial charge in [-0.15, -0.1) is 0 Å². The molecule has 20 heavy (non-hydrogen) atoms. The highest BCUT2D eigenvalue weighted by Crippen LogP contribution is 2.26. The molecule has 0 aliphatic heterocycles. The zero-order valence-corrected chi connectivity index (χ0v) is 11.6. The fraction of sp³-hybridized carbons (Fsp3) is 0.188. The number of ether oxygens (including phenoxy) is 1. The standard InChI is InChI=1S/C16H18N2O2/c1-3-20-16-10-13(7-8-15(16)19)11-17-18-14-6-4-5-12(2)9-14/h4-11,18-19H,3H2,1-2H3/b17-11+. The molecule has 0 amide bonds. The lowest BCUT2D eigenvalue weighted by Crippen LogP contribution is -1.94. The van der Waals surface area contributed by atoms with Gasteiger partial charge in [0, 0.05) is 0 Å². The van der Waals surface area contributed by atoms with Crippen LogP contribution in [0.3, 0.4) is 0 Å². The van der Waals surface area contributed by atoms with Gasteiger partial charge in [0.2, 0.25) is 0 Å². The van der Waals surface area contributed by atoms with Gasteiger partial charge in [-0.3, -0.25) is 5.43 Å². The number of anilines is 1. The van der Waals surface area contributed by atoms with Gasteiger partial charge in [0.1, 0.15) is 0 Å². The second kappa shape index (κ2) is 6.61. The topological polar surface area (TPSA) is 53.8 Å². The third-order valence-electron chi connectivity index (χ3n) is 2.71. The second-order valence-corrected chi connectivity index (χ2v) is 4.40. The molecule has 0 fully saturated rings. The summed E-state index contributed by atoms with van der Waals surface area (Å²) in [6, 6.07) is 13.1. The van der Waals surface area contributed by atoms with E-state index in [-0.39, 0.29) is 5.75 Å². The third-order valence-corrected chi connectivity index (χ3v) is 2.71. The van der Waals surface area contributed by atoms with Crippen LogP contribution in [0.1, 0.15) is 18.1 Å². The van der Waals surface area contributed by atoms with E-state index in [0.29, 0.717) is 12.4 Å². The number of hydrogen-bond acceptors (Lipinski definition) is 4. The molecule has 0 heterocycles. The average molecular weight is 270 g/mol. The van der Waals surface area contributed by atoms with Gasteiger partial charge in [-0.1, -0.05) is 12.1 Å². The van der Waals surface area contributed by atoms with Crippen molar-refractivity contribution >= 4 is 11.9 Å². The summed E-state index contributed by atoms with van der Waals surface area (Å²) in [6.45, 7) is 4.42. The lowest BCUT2D eigenvalue weighted by molar-refractivity contribution is 0.318. The number of benzene rings is 2. The first-order valence-electron chi connectivity index (χ1n) is 6.50. The normalized spacial score (nSPS) is 10.7. The van der Waals surface area contributed by atoms with Gasteiger partial charge in [-0.2, -0.15) is 5.10 Å². The van der Waals surface area contributed by atoms with Crippen LogP contribution < -0.4 is 10.2 Å². The summed E-state index contributed by atoms with van der Waals surface area (Å²) in [6.07, 6.45) is 1.68. The SMILES string of the molecule is CCOc1cc(/C=N/Nc2cccc(C)c2)ccc1O. The molecule has 0 aromatic heterocycles. The Balaban J connectivity index is 2.06. The number of aryl methyl sites for hydroxylation is 1. The van der Waals surface area contributed by atoms with Gasteiger partial charge in [-0.25, -0.2) is 0 Å². The molecule has 2 N–H and O–H groups in total. The van der Waals surface area contributed by atoms with Gasteiger partial charge in [0.25, 0.3) is 0 Å². The smallest absolute Gasteiger partial charge is 0.161 e. The molecule has 4 heteroatoms. The minimum absolute atomic E-state index is 0.135. The fourth-order valence-corrected chi connectivity index (χ4v) is 1.78. The molecule has 0 saturated heterocycles. The first-order chi connectivity index (χ1) is 9.69. The Morgan fingerprint density at radius 3 is 2.85 bits per heavy atom. The van der Waals surface area contributed by atoms with Crippen LogP contribution in [0.5, 0.6) is 11.5 Å². The van der Waals surface area contributed by atoms with E-state index in [1.165, 1.54) is 5.56 Å². The summed E-state index contributed by atoms with van der Waals surface area (Å²) in [5.74, 6) is 0.600. The largest absolute Gasteiger partial charge is 0.504 e. The second-order valence-electron chi connectivity index (χ2n) is 4.40. The maximum atomic E-state index is 9.61. The number of nitrogens with zero attached hydrogens (tertiary/aromatic N) is 1. The van der Waals surface area contributed by atoms with E-state index in [1.54, 1.807) is 24.4 Å². The maximum Gasteiger partial charge on any atom is 0.161 e. The van der Waals surface area contributed by atoms with Crippen LogP contribution in [0, 0.1) is 6.92 Å². The molecule has 104 valence electrons. The van der Waals surface area contributed by atoms with Crippen molar-refractivity contribution in [3.8, 4) is 11.5 Å². The molecule has 0 saturated carbocycles. The molecule has 0 aliphatic rings. The predicted molar refractivity (Wildman–Crippen MR) is 81.7 cm³/mol. The molecule has 4 nitrogen and oxygen atoms in total. The van der Waals surface area contributed by atoms with Crippen LogP contribution in [-0.4, -0.2) is 17.9 Å². The van der Waals surface area contributed by atoms with Gasteiger partial charge in [0.15, 0.2) is 11.5 Å². The minimum atomic E-state index is 0.135. The third kappa shape index (κ3) is 3.75. The average Bonchev–Trinajstić information content (AvgIpc) is 2.43. The summed E-state index contributed by atoms with van der Waals surface area (Å²) in [5.41, 5.74) is 5.93. The number of nitrogens with one attached hydrogen (secondary N) is 1. The van der Waals surface area contributed by atoms with Crippen LogP contribution in [0.15, 0.2) is 47.6 Å². The summed E-state index contributed by atoms with van der Waals surface area (Å²) >= 11 is 0. The molecule has 0 spiro atoms. The van der Waals surface area contributed by atoms with Gasteiger partial charge in [0.05, 0.1) is 18.5 Å². The highest BCUT2D eigenvalue weighted by atomic mass is 16.5. The lowest BCUT2D eigenvalue weighted by Gasteiger charge is -2.06. The van der Waals surface area contributed by atoms with Crippen LogP contribution in [0.25, 0.3) is 0 Å². The van der Waals surface area contributed by atoms with Gasteiger partial charge in [-0.05, 0) is 55.3 Å². The fourth-order valence-electron chi connectivity index (χ4n) is 1.78. The van der Waals surface area contributed by atoms with E-state index < -0.39 is 0 Å². The Bertz CT molecular complexity index is 609. The molecule has 0 aliphatic carbocycles. The molecule has 0 bridgehead atoms. The zero-order valence-electron chi connectivity index (χ0n) is 11.6. The molecular formula is C16H18N2O2. The highest BCUT2D eigenvalue weighted by Gasteiger charge is 2.01. The zero-order chi connectivity index (χ0) is 14.4. The van der Waals surface area contributed by atoms with Crippen molar-refractivity contribution in [1.82, 2.24) is 0 Å². The molecule has 2 aromatic rings. The molecule has 0 unspecified atom stereocenters. The van der Waals surface area contributed by atoms with E-state index >= 15 is 0 Å². The van der Waals surface area contributed by atoms with Crippen molar-refractivity contribution in [2.75, 3.05) is 12.0 Å². The first kappa shape index (κ1) is 13.9. The van der Waals surface area contributed by atoms with E-state index in [2.05, 4.69) is 10.5 Å². The predicted octanol–water partition coefficient (Wildman–Crippen LogP) is 3.55. The molecule has 0 radical (unpaired) electrons. The summed E-state index contributed by atoms with van der Waals surface area (Å²) in [7, 11) is 0. The van der Waals surface area contributed by atoms with Crippen molar-refractivity contribution in [3.05, 3.63) is 53.6 Å². The number of hydrogen-bond donors (Lipinski definition) is 2. The number of rotatable bonds is 5. The van der Waals surface area contributed by atoms with Crippen LogP contribution in [0.4, 0.5) is 5.69 Å². The molecule has 2 rings (SSSR count).